The van der Waals surface area contributed by atoms with Gasteiger partial charge in [0.25, 0.3) is 0 Å². The lowest BCUT2D eigenvalue weighted by atomic mass is 9.96. The molecule has 0 saturated carbocycles. The molecule has 1 unspecified atom stereocenters. The molecule has 16 heavy (non-hydrogen) atoms. The zero-order chi connectivity index (χ0) is 11.4. The maximum Gasteiger partial charge on any atom is 0.336 e. The van der Waals surface area contributed by atoms with Crippen LogP contribution in [0.15, 0.2) is 0 Å². The molecule has 92 valence electrons. The summed E-state index contributed by atoms with van der Waals surface area (Å²) >= 11 is 1.80. The number of carboxylic acid groups (broad SMARTS) is 1. The van der Waals surface area contributed by atoms with Crippen LogP contribution in [0.1, 0.15) is 19.3 Å². The van der Waals surface area contributed by atoms with Crippen molar-refractivity contribution in [3.05, 3.63) is 0 Å². The summed E-state index contributed by atoms with van der Waals surface area (Å²) in [6, 6.07) is 0. The van der Waals surface area contributed by atoms with Gasteiger partial charge in [-0.05, 0) is 30.8 Å². The number of ether oxygens (including phenoxy) is 2. The van der Waals surface area contributed by atoms with Crippen LogP contribution in [0.3, 0.4) is 0 Å². The Morgan fingerprint density at radius 3 is 2.81 bits per heavy atom. The fourth-order valence-corrected chi connectivity index (χ4v) is 3.27. The van der Waals surface area contributed by atoms with Gasteiger partial charge in [0, 0.05) is 12.5 Å². The van der Waals surface area contributed by atoms with Gasteiger partial charge in [-0.1, -0.05) is 0 Å². The summed E-state index contributed by atoms with van der Waals surface area (Å²) in [6.07, 6.45) is 2.24. The van der Waals surface area contributed by atoms with Crippen LogP contribution in [0, 0.1) is 5.92 Å². The van der Waals surface area contributed by atoms with E-state index in [-0.39, 0.29) is 0 Å². The van der Waals surface area contributed by atoms with Crippen LogP contribution in [0.4, 0.5) is 0 Å². The maximum absolute atomic E-state index is 11.3. The highest BCUT2D eigenvalue weighted by atomic mass is 32.2. The lowest BCUT2D eigenvalue weighted by Crippen LogP contribution is -2.45. The first kappa shape index (κ1) is 12.2. The largest absolute Gasteiger partial charge is 0.479 e. The van der Waals surface area contributed by atoms with Crippen molar-refractivity contribution in [1.82, 2.24) is 0 Å². The number of thioether (sulfide) groups is 1. The Morgan fingerprint density at radius 2 is 2.25 bits per heavy atom. The van der Waals surface area contributed by atoms with Crippen molar-refractivity contribution < 1.29 is 19.4 Å². The molecule has 2 rings (SSSR count). The zero-order valence-electron chi connectivity index (χ0n) is 9.31. The van der Waals surface area contributed by atoms with Crippen LogP contribution in [0.5, 0.6) is 0 Å². The molecule has 2 aliphatic heterocycles. The lowest BCUT2D eigenvalue weighted by Gasteiger charge is -2.33. The smallest absolute Gasteiger partial charge is 0.336 e. The Hall–Kier alpha value is -0.260. The Balaban J connectivity index is 1.88. The normalized spacial score (nSPS) is 29.1. The summed E-state index contributed by atoms with van der Waals surface area (Å²) in [7, 11) is 0. The number of hydrogen-bond donors (Lipinski definition) is 1. The van der Waals surface area contributed by atoms with Crippen molar-refractivity contribution in [2.24, 2.45) is 5.92 Å². The number of carboxylic acids is 1. The van der Waals surface area contributed by atoms with Crippen LogP contribution >= 0.6 is 11.8 Å². The molecule has 0 bridgehead atoms. The molecule has 1 atom stereocenters. The van der Waals surface area contributed by atoms with Gasteiger partial charge in [-0.15, -0.1) is 0 Å². The summed E-state index contributed by atoms with van der Waals surface area (Å²) in [6.45, 7) is 2.02. The third kappa shape index (κ3) is 2.70. The van der Waals surface area contributed by atoms with Gasteiger partial charge in [-0.2, -0.15) is 11.8 Å². The molecule has 0 spiro atoms. The first-order valence-electron chi connectivity index (χ1n) is 5.76. The summed E-state index contributed by atoms with van der Waals surface area (Å²) in [4.78, 5) is 11.3. The lowest BCUT2D eigenvalue weighted by molar-refractivity contribution is -0.169. The van der Waals surface area contributed by atoms with Crippen LogP contribution in [0.25, 0.3) is 0 Å². The van der Waals surface area contributed by atoms with Crippen molar-refractivity contribution in [2.45, 2.75) is 24.9 Å². The Kier molecular flexibility index (Phi) is 4.10. The van der Waals surface area contributed by atoms with E-state index in [4.69, 9.17) is 9.47 Å². The summed E-state index contributed by atoms with van der Waals surface area (Å²) in [5.74, 6) is 1.35. The van der Waals surface area contributed by atoms with E-state index >= 15 is 0 Å². The summed E-state index contributed by atoms with van der Waals surface area (Å²) < 4.78 is 11.0. The molecule has 4 nitrogen and oxygen atoms in total. The van der Waals surface area contributed by atoms with Gasteiger partial charge in [0.05, 0.1) is 13.2 Å². The Bertz CT molecular complexity index is 244. The molecule has 1 N–H and O–H groups in total. The number of rotatable bonds is 4. The van der Waals surface area contributed by atoms with Gasteiger partial charge in [-0.3, -0.25) is 0 Å². The molecule has 0 aromatic rings. The maximum atomic E-state index is 11.3. The van der Waals surface area contributed by atoms with Gasteiger partial charge < -0.3 is 14.6 Å². The third-order valence-corrected chi connectivity index (χ3v) is 4.30. The highest BCUT2D eigenvalue weighted by Gasteiger charge is 2.41. The fourth-order valence-electron chi connectivity index (χ4n) is 2.11. The summed E-state index contributed by atoms with van der Waals surface area (Å²) in [5, 5.41) is 9.30. The number of hydrogen-bond acceptors (Lipinski definition) is 4. The predicted molar refractivity (Wildman–Crippen MR) is 61.8 cm³/mol. The first-order chi connectivity index (χ1) is 7.73. The minimum atomic E-state index is -0.923. The average molecular weight is 246 g/mol. The molecule has 0 amide bonds. The summed E-state index contributed by atoms with van der Waals surface area (Å²) in [5.41, 5.74) is -0.923. The van der Waals surface area contributed by atoms with Gasteiger partial charge in [0.2, 0.25) is 0 Å². The van der Waals surface area contributed by atoms with E-state index in [1.165, 1.54) is 0 Å². The van der Waals surface area contributed by atoms with Crippen LogP contribution in [-0.2, 0) is 14.3 Å². The molecular formula is C11H18O4S. The molecule has 2 fully saturated rings. The highest BCUT2D eigenvalue weighted by Crippen LogP contribution is 2.31. The van der Waals surface area contributed by atoms with E-state index in [9.17, 15) is 9.90 Å². The van der Waals surface area contributed by atoms with Crippen molar-refractivity contribution in [1.29, 1.82) is 0 Å². The highest BCUT2D eigenvalue weighted by molar-refractivity contribution is 7.99. The van der Waals surface area contributed by atoms with E-state index in [2.05, 4.69) is 0 Å². The van der Waals surface area contributed by atoms with Crippen molar-refractivity contribution >= 4 is 17.7 Å². The van der Waals surface area contributed by atoms with Crippen LogP contribution < -0.4 is 0 Å². The molecule has 0 radical (unpaired) electrons. The van der Waals surface area contributed by atoms with Gasteiger partial charge in [0.15, 0.2) is 5.60 Å². The van der Waals surface area contributed by atoms with Crippen molar-refractivity contribution in [3.63, 3.8) is 0 Å². The third-order valence-electron chi connectivity index (χ3n) is 3.31. The first-order valence-corrected chi connectivity index (χ1v) is 6.91. The molecule has 2 aliphatic rings. The van der Waals surface area contributed by atoms with Crippen LogP contribution in [0.2, 0.25) is 0 Å². The van der Waals surface area contributed by atoms with Crippen molar-refractivity contribution in [2.75, 3.05) is 31.3 Å². The van der Waals surface area contributed by atoms with Gasteiger partial charge in [0.1, 0.15) is 0 Å². The second kappa shape index (κ2) is 5.38. The Labute approximate surface area is 99.7 Å². The number of aliphatic carboxylic acids is 1. The predicted octanol–water partition coefficient (Wildman–Crippen LogP) is 1.39. The quantitative estimate of drug-likeness (QED) is 0.812. The number of carbonyl (C=O) groups is 1. The second-order valence-corrected chi connectivity index (χ2v) is 5.68. The second-order valence-electron chi connectivity index (χ2n) is 4.45. The van der Waals surface area contributed by atoms with E-state index in [0.29, 0.717) is 32.0 Å². The van der Waals surface area contributed by atoms with Gasteiger partial charge >= 0.3 is 5.97 Å². The molecule has 2 saturated heterocycles. The van der Waals surface area contributed by atoms with E-state index in [1.807, 2.05) is 0 Å². The molecule has 0 aliphatic carbocycles. The SMILES string of the molecule is O=C(O)C1(OCC2CCOC2)CCSCC1. The molecule has 0 aromatic heterocycles. The average Bonchev–Trinajstić information content (AvgIpc) is 2.80. The molecule has 0 aromatic carbocycles. The standard InChI is InChI=1S/C11H18O4S/c12-10(13)11(2-5-16-6-3-11)15-8-9-1-4-14-7-9/h9H,1-8H2,(H,12,13). The topological polar surface area (TPSA) is 55.8 Å². The molecular weight excluding hydrogens is 228 g/mol. The van der Waals surface area contributed by atoms with Gasteiger partial charge in [-0.25, -0.2) is 4.79 Å². The molecule has 2 heterocycles. The minimum absolute atomic E-state index is 0.380. The Morgan fingerprint density at radius 1 is 1.50 bits per heavy atom. The monoisotopic (exact) mass is 246 g/mol. The zero-order valence-corrected chi connectivity index (χ0v) is 10.1. The van der Waals surface area contributed by atoms with E-state index in [1.54, 1.807) is 11.8 Å². The molecule has 5 heteroatoms. The van der Waals surface area contributed by atoms with Crippen LogP contribution in [-0.4, -0.2) is 48.0 Å². The van der Waals surface area contributed by atoms with E-state index < -0.39 is 11.6 Å². The fraction of sp³-hybridized carbons (Fsp3) is 0.909. The van der Waals surface area contributed by atoms with E-state index in [0.717, 1.165) is 24.5 Å². The minimum Gasteiger partial charge on any atom is -0.479 e. The van der Waals surface area contributed by atoms with Crippen molar-refractivity contribution in [3.8, 4) is 0 Å².